The van der Waals surface area contributed by atoms with Gasteiger partial charge in [0.1, 0.15) is 11.2 Å². The summed E-state index contributed by atoms with van der Waals surface area (Å²) >= 11 is 6.68. The van der Waals surface area contributed by atoms with Gasteiger partial charge in [-0.05, 0) is 36.4 Å². The molecule has 9 nitrogen and oxygen atoms in total. The lowest BCUT2D eigenvalue weighted by atomic mass is 10.2. The Bertz CT molecular complexity index is 1560. The minimum absolute atomic E-state index is 0.262. The van der Waals surface area contributed by atoms with Crippen LogP contribution < -0.4 is 22.7 Å². The number of fused-ring (bicyclic) bond motifs is 4. The molecular formula is C19H14Br2N6O3. The molecule has 3 aromatic heterocycles. The number of nitrogen functional groups attached to an aromatic ring is 1. The van der Waals surface area contributed by atoms with Crippen molar-refractivity contribution in [2.24, 2.45) is 5.73 Å². The van der Waals surface area contributed by atoms with Crippen LogP contribution in [0.2, 0.25) is 0 Å². The van der Waals surface area contributed by atoms with Gasteiger partial charge in [0.15, 0.2) is 0 Å². The lowest BCUT2D eigenvalue weighted by Gasteiger charge is -1.93. The first kappa shape index (κ1) is 20.0. The van der Waals surface area contributed by atoms with Gasteiger partial charge in [-0.15, -0.1) is 0 Å². The third kappa shape index (κ3) is 3.53. The van der Waals surface area contributed by atoms with Gasteiger partial charge in [-0.1, -0.05) is 31.9 Å². The molecule has 0 aliphatic rings. The lowest BCUT2D eigenvalue weighted by molar-refractivity contribution is 0.0997. The molecule has 0 spiro atoms. The monoisotopic (exact) mass is 532 g/mol. The van der Waals surface area contributed by atoms with Crippen LogP contribution in [-0.2, 0) is 0 Å². The molecule has 2 aromatic carbocycles. The Morgan fingerprint density at radius 1 is 0.800 bits per heavy atom. The van der Waals surface area contributed by atoms with Crippen LogP contribution >= 0.6 is 31.9 Å². The van der Waals surface area contributed by atoms with Crippen molar-refractivity contribution < 1.29 is 4.79 Å². The van der Waals surface area contributed by atoms with Gasteiger partial charge in [0.05, 0.1) is 11.2 Å². The van der Waals surface area contributed by atoms with E-state index in [0.717, 1.165) is 30.8 Å². The van der Waals surface area contributed by atoms with Crippen molar-refractivity contribution >= 4 is 76.3 Å². The number of H-pyrrole nitrogens is 4. The van der Waals surface area contributed by atoms with Gasteiger partial charge in [-0.2, -0.15) is 0 Å². The number of nitrogens with one attached hydrogen (secondary N) is 4. The SMILES string of the molecule is NC(=O)c1[nH]c2ccc(Br)cc2c1N.O=c1[nH]c(=O)c2[nH]c3ccc(Br)cc3c2[nH]1. The summed E-state index contributed by atoms with van der Waals surface area (Å²) in [5.41, 5.74) is 13.2. The van der Waals surface area contributed by atoms with E-state index >= 15 is 0 Å². The van der Waals surface area contributed by atoms with Gasteiger partial charge in [0, 0.05) is 30.8 Å². The van der Waals surface area contributed by atoms with Crippen molar-refractivity contribution in [2.45, 2.75) is 0 Å². The molecule has 30 heavy (non-hydrogen) atoms. The summed E-state index contributed by atoms with van der Waals surface area (Å²) in [6, 6.07) is 11.1. The fraction of sp³-hybridized carbons (Fsp3) is 0. The van der Waals surface area contributed by atoms with E-state index in [1.165, 1.54) is 0 Å². The number of aromatic nitrogens is 4. The normalized spacial score (nSPS) is 11.0. The highest BCUT2D eigenvalue weighted by Crippen LogP contribution is 2.27. The highest BCUT2D eigenvalue weighted by Gasteiger charge is 2.12. The number of rotatable bonds is 1. The standard InChI is InChI=1S/C10H6BrN3O2.C9H8BrN3O/c11-4-1-2-6-5(3-4)7-8(12-6)9(15)14-10(16)13-7;10-4-1-2-6-5(3-4)7(11)8(13-6)9(12)14/h1-3,12H,(H2,13,14,15,16);1-3,13H,11H2,(H2,12,14). The number of halogens is 2. The molecule has 0 saturated heterocycles. The Balaban J connectivity index is 0.000000147. The summed E-state index contributed by atoms with van der Waals surface area (Å²) < 4.78 is 1.80. The number of benzene rings is 2. The van der Waals surface area contributed by atoms with E-state index in [0.29, 0.717) is 16.7 Å². The number of carbonyl (C=O) groups excluding carboxylic acids is 1. The molecule has 5 rings (SSSR count). The number of carbonyl (C=O) groups is 1. The fourth-order valence-electron chi connectivity index (χ4n) is 3.15. The predicted molar refractivity (Wildman–Crippen MR) is 124 cm³/mol. The third-order valence-electron chi connectivity index (χ3n) is 4.50. The molecule has 0 atom stereocenters. The van der Waals surface area contributed by atoms with E-state index in [1.54, 1.807) is 0 Å². The highest BCUT2D eigenvalue weighted by atomic mass is 79.9. The van der Waals surface area contributed by atoms with Crippen LogP contribution in [0.4, 0.5) is 5.69 Å². The number of nitrogens with two attached hydrogens (primary N) is 2. The zero-order valence-electron chi connectivity index (χ0n) is 15.1. The molecule has 5 aromatic rings. The second kappa shape index (κ2) is 7.50. The summed E-state index contributed by atoms with van der Waals surface area (Å²) in [6.45, 7) is 0. The number of primary amides is 1. The topological polar surface area (TPSA) is 166 Å². The largest absolute Gasteiger partial charge is 0.396 e. The molecule has 3 heterocycles. The first-order valence-corrected chi connectivity index (χ1v) is 10.1. The van der Waals surface area contributed by atoms with Crippen LogP contribution in [-0.4, -0.2) is 25.8 Å². The summed E-state index contributed by atoms with van der Waals surface area (Å²) in [7, 11) is 0. The summed E-state index contributed by atoms with van der Waals surface area (Å²) in [4.78, 5) is 44.3. The number of anilines is 1. The third-order valence-corrected chi connectivity index (χ3v) is 5.49. The van der Waals surface area contributed by atoms with E-state index in [2.05, 4.69) is 51.8 Å². The van der Waals surface area contributed by atoms with E-state index < -0.39 is 17.2 Å². The summed E-state index contributed by atoms with van der Waals surface area (Å²) in [5.74, 6) is -0.546. The molecule has 1 amide bonds. The minimum Gasteiger partial charge on any atom is -0.396 e. The van der Waals surface area contributed by atoms with Crippen molar-refractivity contribution in [2.75, 3.05) is 5.73 Å². The fourth-order valence-corrected chi connectivity index (χ4v) is 3.88. The second-order valence-electron chi connectivity index (χ2n) is 6.44. The van der Waals surface area contributed by atoms with Crippen molar-refractivity contribution in [1.29, 1.82) is 0 Å². The maximum absolute atomic E-state index is 11.5. The van der Waals surface area contributed by atoms with Crippen molar-refractivity contribution in [1.82, 2.24) is 19.9 Å². The van der Waals surface area contributed by atoms with Crippen LogP contribution in [0.1, 0.15) is 10.5 Å². The van der Waals surface area contributed by atoms with Crippen LogP contribution in [0.5, 0.6) is 0 Å². The quantitative estimate of drug-likeness (QED) is 0.195. The van der Waals surface area contributed by atoms with Gasteiger partial charge in [0.25, 0.3) is 11.5 Å². The average molecular weight is 534 g/mol. The second-order valence-corrected chi connectivity index (χ2v) is 8.27. The zero-order valence-corrected chi connectivity index (χ0v) is 18.3. The van der Waals surface area contributed by atoms with Crippen LogP contribution in [0.25, 0.3) is 32.8 Å². The molecule has 0 aliphatic heterocycles. The molecule has 152 valence electrons. The minimum atomic E-state index is -0.546. The average Bonchev–Trinajstić information content (AvgIpc) is 3.21. The molecule has 11 heteroatoms. The Kier molecular flexibility index (Phi) is 5.00. The first-order chi connectivity index (χ1) is 14.2. The predicted octanol–water partition coefficient (Wildman–Crippen LogP) is 3.07. The van der Waals surface area contributed by atoms with Crippen LogP contribution in [0.3, 0.4) is 0 Å². The van der Waals surface area contributed by atoms with E-state index in [1.807, 2.05) is 36.4 Å². The number of hydrogen-bond donors (Lipinski definition) is 6. The lowest BCUT2D eigenvalue weighted by Crippen LogP contribution is -2.21. The van der Waals surface area contributed by atoms with Gasteiger partial charge in [0.2, 0.25) is 0 Å². The Morgan fingerprint density at radius 3 is 2.03 bits per heavy atom. The molecule has 0 aliphatic carbocycles. The van der Waals surface area contributed by atoms with Crippen molar-refractivity contribution in [3.63, 3.8) is 0 Å². The van der Waals surface area contributed by atoms with Crippen LogP contribution in [0, 0.1) is 0 Å². The Hall–Kier alpha value is -3.31. The van der Waals surface area contributed by atoms with Gasteiger partial charge in [-0.25, -0.2) is 4.79 Å². The molecule has 8 N–H and O–H groups in total. The summed E-state index contributed by atoms with van der Waals surface area (Å²) in [6.07, 6.45) is 0. The zero-order chi connectivity index (χ0) is 21.6. The first-order valence-electron chi connectivity index (χ1n) is 8.54. The Labute approximate surface area is 184 Å². The molecule has 0 bridgehead atoms. The van der Waals surface area contributed by atoms with E-state index in [9.17, 15) is 14.4 Å². The molecule has 0 fully saturated rings. The number of amides is 1. The number of hydrogen-bond acceptors (Lipinski definition) is 4. The molecule has 0 unspecified atom stereocenters. The molecule has 0 radical (unpaired) electrons. The maximum Gasteiger partial charge on any atom is 0.326 e. The smallest absolute Gasteiger partial charge is 0.326 e. The van der Waals surface area contributed by atoms with Gasteiger partial charge in [-0.3, -0.25) is 14.6 Å². The molecular weight excluding hydrogens is 520 g/mol. The van der Waals surface area contributed by atoms with Crippen molar-refractivity contribution in [3.8, 4) is 0 Å². The number of aromatic amines is 4. The van der Waals surface area contributed by atoms with E-state index in [-0.39, 0.29) is 5.69 Å². The van der Waals surface area contributed by atoms with Gasteiger partial charge < -0.3 is 26.4 Å². The van der Waals surface area contributed by atoms with Crippen LogP contribution in [0.15, 0.2) is 54.9 Å². The van der Waals surface area contributed by atoms with Gasteiger partial charge >= 0.3 is 5.69 Å². The summed E-state index contributed by atoms with van der Waals surface area (Å²) in [5, 5.41) is 1.61. The Morgan fingerprint density at radius 2 is 1.40 bits per heavy atom. The highest BCUT2D eigenvalue weighted by molar-refractivity contribution is 9.10. The maximum atomic E-state index is 11.5. The molecule has 0 saturated carbocycles. The van der Waals surface area contributed by atoms with Crippen molar-refractivity contribution in [3.05, 3.63) is 71.9 Å². The van der Waals surface area contributed by atoms with E-state index in [4.69, 9.17) is 11.5 Å².